The van der Waals surface area contributed by atoms with E-state index in [4.69, 9.17) is 5.21 Å². The summed E-state index contributed by atoms with van der Waals surface area (Å²) in [5, 5.41) is 19.5. The Morgan fingerprint density at radius 2 is 2.14 bits per heavy atom. The summed E-state index contributed by atoms with van der Waals surface area (Å²) < 4.78 is 1.75. The van der Waals surface area contributed by atoms with Gasteiger partial charge in [-0.1, -0.05) is 10.4 Å². The quantitative estimate of drug-likeness (QED) is 0.515. The first-order valence-electron chi connectivity index (χ1n) is 4.60. The summed E-state index contributed by atoms with van der Waals surface area (Å²) >= 11 is 0. The zero-order chi connectivity index (χ0) is 9.97. The maximum absolute atomic E-state index is 8.60. The van der Waals surface area contributed by atoms with Gasteiger partial charge in [-0.05, 0) is 0 Å². The second-order valence-electron chi connectivity index (χ2n) is 3.37. The van der Waals surface area contributed by atoms with Crippen molar-refractivity contribution < 1.29 is 5.21 Å². The topological polar surface area (TPSA) is 66.5 Å². The van der Waals surface area contributed by atoms with E-state index in [1.54, 1.807) is 10.9 Å². The van der Waals surface area contributed by atoms with E-state index in [9.17, 15) is 0 Å². The number of hydrogen-bond donors (Lipinski definition) is 1. The average molecular weight is 195 g/mol. The first-order valence-corrected chi connectivity index (χ1v) is 4.60. The van der Waals surface area contributed by atoms with E-state index in [1.165, 1.54) is 0 Å². The zero-order valence-electron chi connectivity index (χ0n) is 8.09. The van der Waals surface area contributed by atoms with Crippen molar-refractivity contribution in [2.24, 2.45) is 12.2 Å². The van der Waals surface area contributed by atoms with Crippen LogP contribution in [0.25, 0.3) is 0 Å². The Bertz CT molecular complexity index is 335. The average Bonchev–Trinajstić information content (AvgIpc) is 2.65. The van der Waals surface area contributed by atoms with Gasteiger partial charge >= 0.3 is 0 Å². The van der Waals surface area contributed by atoms with E-state index >= 15 is 0 Å². The summed E-state index contributed by atoms with van der Waals surface area (Å²) in [6, 6.07) is 0. The van der Waals surface area contributed by atoms with Crippen LogP contribution in [0.15, 0.2) is 11.4 Å². The van der Waals surface area contributed by atoms with Crippen molar-refractivity contribution in [2.45, 2.75) is 12.8 Å². The van der Waals surface area contributed by atoms with Gasteiger partial charge in [-0.2, -0.15) is 0 Å². The predicted octanol–water partition coefficient (Wildman–Crippen LogP) is 0.245. The SMILES string of the molecule is Cn1nncc1N1CCC(=NO)CC1. The van der Waals surface area contributed by atoms with Crippen molar-refractivity contribution in [2.75, 3.05) is 18.0 Å². The Morgan fingerprint density at radius 1 is 1.43 bits per heavy atom. The van der Waals surface area contributed by atoms with Gasteiger partial charge in [-0.15, -0.1) is 5.10 Å². The van der Waals surface area contributed by atoms with Crippen LogP contribution in [0.3, 0.4) is 0 Å². The third kappa shape index (κ3) is 1.55. The minimum absolute atomic E-state index is 0.807. The van der Waals surface area contributed by atoms with E-state index in [0.29, 0.717) is 0 Å². The molecule has 0 amide bonds. The Labute approximate surface area is 81.8 Å². The molecule has 0 aliphatic carbocycles. The third-order valence-electron chi connectivity index (χ3n) is 2.50. The van der Waals surface area contributed by atoms with E-state index < -0.39 is 0 Å². The van der Waals surface area contributed by atoms with Crippen LogP contribution in [-0.2, 0) is 7.05 Å². The minimum atomic E-state index is 0.807. The lowest BCUT2D eigenvalue weighted by atomic mass is 10.1. The van der Waals surface area contributed by atoms with Crippen LogP contribution in [0.5, 0.6) is 0 Å². The molecule has 1 N–H and O–H groups in total. The second-order valence-corrected chi connectivity index (χ2v) is 3.37. The number of rotatable bonds is 1. The number of piperidine rings is 1. The molecule has 1 aliphatic rings. The molecule has 0 spiro atoms. The number of hydrogen-bond acceptors (Lipinski definition) is 5. The summed E-state index contributed by atoms with van der Waals surface area (Å²) in [6.07, 6.45) is 3.37. The van der Waals surface area contributed by atoms with E-state index in [1.807, 2.05) is 7.05 Å². The molecule has 14 heavy (non-hydrogen) atoms. The van der Waals surface area contributed by atoms with Crippen LogP contribution in [0.1, 0.15) is 12.8 Å². The molecular formula is C8H13N5O. The van der Waals surface area contributed by atoms with Gasteiger partial charge in [0, 0.05) is 33.0 Å². The normalized spacial score (nSPS) is 17.2. The first kappa shape index (κ1) is 8.98. The molecule has 0 atom stereocenters. The molecule has 0 unspecified atom stereocenters. The Morgan fingerprint density at radius 3 is 2.64 bits per heavy atom. The van der Waals surface area contributed by atoms with E-state index in [-0.39, 0.29) is 0 Å². The molecule has 0 bridgehead atoms. The molecule has 1 aliphatic heterocycles. The second kappa shape index (κ2) is 3.65. The summed E-state index contributed by atoms with van der Waals surface area (Å²) in [7, 11) is 1.87. The molecule has 1 aromatic heterocycles. The molecule has 0 aromatic carbocycles. The maximum Gasteiger partial charge on any atom is 0.147 e. The standard InChI is InChI=1S/C8H13N5O/c1-12-8(6-9-11-12)13-4-2-7(10-14)3-5-13/h6,14H,2-5H2,1H3. The van der Waals surface area contributed by atoms with Crippen molar-refractivity contribution >= 4 is 11.5 Å². The third-order valence-corrected chi connectivity index (χ3v) is 2.50. The van der Waals surface area contributed by atoms with Crippen LogP contribution >= 0.6 is 0 Å². The molecule has 1 aromatic rings. The Hall–Kier alpha value is -1.59. The van der Waals surface area contributed by atoms with Crippen LogP contribution < -0.4 is 4.90 Å². The molecule has 76 valence electrons. The highest BCUT2D eigenvalue weighted by atomic mass is 16.4. The first-order chi connectivity index (χ1) is 6.81. The number of aromatic nitrogens is 3. The molecule has 1 fully saturated rings. The Balaban J connectivity index is 2.06. The van der Waals surface area contributed by atoms with Crippen LogP contribution in [0, 0.1) is 0 Å². The fourth-order valence-electron chi connectivity index (χ4n) is 1.66. The van der Waals surface area contributed by atoms with Crippen molar-refractivity contribution in [1.82, 2.24) is 15.0 Å². The van der Waals surface area contributed by atoms with Crippen LogP contribution in [0.4, 0.5) is 5.82 Å². The van der Waals surface area contributed by atoms with E-state index in [0.717, 1.165) is 37.5 Å². The molecule has 2 heterocycles. The molecular weight excluding hydrogens is 182 g/mol. The number of nitrogens with zero attached hydrogens (tertiary/aromatic N) is 5. The number of oxime groups is 1. The number of aryl methyl sites for hydroxylation is 1. The van der Waals surface area contributed by atoms with Crippen LogP contribution in [-0.4, -0.2) is 39.0 Å². The largest absolute Gasteiger partial charge is 0.411 e. The van der Waals surface area contributed by atoms with Gasteiger partial charge in [0.25, 0.3) is 0 Å². The summed E-state index contributed by atoms with van der Waals surface area (Å²) in [5.74, 6) is 1.02. The molecule has 1 saturated heterocycles. The van der Waals surface area contributed by atoms with Gasteiger partial charge in [-0.25, -0.2) is 4.68 Å². The fraction of sp³-hybridized carbons (Fsp3) is 0.625. The highest BCUT2D eigenvalue weighted by Gasteiger charge is 2.17. The molecule has 0 saturated carbocycles. The highest BCUT2D eigenvalue weighted by molar-refractivity contribution is 5.85. The molecule has 6 heteroatoms. The molecule has 2 rings (SSSR count). The Kier molecular flexibility index (Phi) is 2.34. The maximum atomic E-state index is 8.60. The molecule has 6 nitrogen and oxygen atoms in total. The van der Waals surface area contributed by atoms with Crippen molar-refractivity contribution in [3.63, 3.8) is 0 Å². The van der Waals surface area contributed by atoms with E-state index in [2.05, 4.69) is 20.4 Å². The molecule has 0 radical (unpaired) electrons. The minimum Gasteiger partial charge on any atom is -0.411 e. The monoisotopic (exact) mass is 195 g/mol. The number of anilines is 1. The lowest BCUT2D eigenvalue weighted by molar-refractivity contribution is 0.315. The van der Waals surface area contributed by atoms with Crippen molar-refractivity contribution in [3.05, 3.63) is 6.20 Å². The van der Waals surface area contributed by atoms with Gasteiger partial charge in [0.15, 0.2) is 0 Å². The summed E-state index contributed by atoms with van der Waals surface area (Å²) in [4.78, 5) is 2.19. The lowest BCUT2D eigenvalue weighted by Gasteiger charge is -2.27. The van der Waals surface area contributed by atoms with Crippen molar-refractivity contribution in [1.29, 1.82) is 0 Å². The fourth-order valence-corrected chi connectivity index (χ4v) is 1.66. The summed E-state index contributed by atoms with van der Waals surface area (Å²) in [5.41, 5.74) is 0.872. The van der Waals surface area contributed by atoms with Gasteiger partial charge in [-0.3, -0.25) is 0 Å². The van der Waals surface area contributed by atoms with Crippen molar-refractivity contribution in [3.8, 4) is 0 Å². The smallest absolute Gasteiger partial charge is 0.147 e. The van der Waals surface area contributed by atoms with Crippen LogP contribution in [0.2, 0.25) is 0 Å². The lowest BCUT2D eigenvalue weighted by Crippen LogP contribution is -2.35. The zero-order valence-corrected chi connectivity index (χ0v) is 8.09. The summed E-state index contributed by atoms with van der Waals surface area (Å²) in [6.45, 7) is 1.72. The van der Waals surface area contributed by atoms with Gasteiger partial charge in [0.1, 0.15) is 5.82 Å². The van der Waals surface area contributed by atoms with Gasteiger partial charge in [0.05, 0.1) is 11.9 Å². The van der Waals surface area contributed by atoms with Gasteiger partial charge < -0.3 is 10.1 Å². The highest BCUT2D eigenvalue weighted by Crippen LogP contribution is 2.16. The van der Waals surface area contributed by atoms with Gasteiger partial charge in [0.2, 0.25) is 0 Å². The predicted molar refractivity (Wildman–Crippen MR) is 51.7 cm³/mol.